The van der Waals surface area contributed by atoms with Gasteiger partial charge in [0.2, 0.25) is 0 Å². The lowest BCUT2D eigenvalue weighted by atomic mass is 10.1. The standard InChI is InChI=1S/C12H18FNO/c1-8(2)4-9(3)15-12-6-10(13)5-11(14)7-12/h5-9H,4,14H2,1-3H3. The smallest absolute Gasteiger partial charge is 0.128 e. The van der Waals surface area contributed by atoms with E-state index < -0.39 is 0 Å². The van der Waals surface area contributed by atoms with Gasteiger partial charge in [-0.1, -0.05) is 13.8 Å². The van der Waals surface area contributed by atoms with E-state index in [0.29, 0.717) is 17.4 Å². The van der Waals surface area contributed by atoms with Gasteiger partial charge >= 0.3 is 0 Å². The average molecular weight is 211 g/mol. The summed E-state index contributed by atoms with van der Waals surface area (Å²) < 4.78 is 18.5. The second kappa shape index (κ2) is 5.01. The molecule has 0 spiro atoms. The highest BCUT2D eigenvalue weighted by molar-refractivity contribution is 5.44. The highest BCUT2D eigenvalue weighted by Crippen LogP contribution is 2.20. The lowest BCUT2D eigenvalue weighted by molar-refractivity contribution is 0.192. The minimum absolute atomic E-state index is 0.0752. The summed E-state index contributed by atoms with van der Waals surface area (Å²) in [6.07, 6.45) is 1.02. The lowest BCUT2D eigenvalue weighted by Crippen LogP contribution is -2.14. The number of hydrogen-bond donors (Lipinski definition) is 1. The Bertz CT molecular complexity index is 305. The molecule has 0 amide bonds. The first-order valence-electron chi connectivity index (χ1n) is 5.20. The third-order valence-electron chi connectivity index (χ3n) is 2.03. The Balaban J connectivity index is 2.63. The molecule has 0 heterocycles. The van der Waals surface area contributed by atoms with Gasteiger partial charge in [-0.05, 0) is 25.3 Å². The van der Waals surface area contributed by atoms with Crippen LogP contribution >= 0.6 is 0 Å². The molecule has 1 unspecified atom stereocenters. The van der Waals surface area contributed by atoms with Crippen LogP contribution in [-0.4, -0.2) is 6.10 Å². The molecule has 2 nitrogen and oxygen atoms in total. The Labute approximate surface area is 90.2 Å². The number of ether oxygens (including phenoxy) is 1. The summed E-state index contributed by atoms with van der Waals surface area (Å²) in [7, 11) is 0. The van der Waals surface area contributed by atoms with Crippen molar-refractivity contribution in [3.63, 3.8) is 0 Å². The molecule has 2 N–H and O–H groups in total. The van der Waals surface area contributed by atoms with Crippen LogP contribution in [-0.2, 0) is 0 Å². The molecule has 0 aliphatic heterocycles. The Morgan fingerprint density at radius 3 is 2.47 bits per heavy atom. The van der Waals surface area contributed by atoms with Gasteiger partial charge in [0.15, 0.2) is 0 Å². The van der Waals surface area contributed by atoms with Crippen LogP contribution in [0.5, 0.6) is 5.75 Å². The first kappa shape index (κ1) is 11.8. The Hall–Kier alpha value is -1.25. The number of hydrogen-bond acceptors (Lipinski definition) is 2. The quantitative estimate of drug-likeness (QED) is 0.776. The summed E-state index contributed by atoms with van der Waals surface area (Å²) in [5, 5.41) is 0. The molecule has 1 rings (SSSR count). The molecule has 1 aromatic carbocycles. The molecule has 1 aromatic rings. The summed E-state index contributed by atoms with van der Waals surface area (Å²) in [4.78, 5) is 0. The monoisotopic (exact) mass is 211 g/mol. The van der Waals surface area contributed by atoms with E-state index in [1.807, 2.05) is 6.92 Å². The number of nitrogen functional groups attached to an aromatic ring is 1. The lowest BCUT2D eigenvalue weighted by Gasteiger charge is -2.16. The minimum atomic E-state index is -0.359. The van der Waals surface area contributed by atoms with Gasteiger partial charge < -0.3 is 10.5 Å². The Kier molecular flexibility index (Phi) is 3.95. The second-order valence-corrected chi connectivity index (χ2v) is 4.28. The van der Waals surface area contributed by atoms with Crippen molar-refractivity contribution in [3.8, 4) is 5.75 Å². The molecule has 0 bridgehead atoms. The van der Waals surface area contributed by atoms with Gasteiger partial charge in [-0.15, -0.1) is 0 Å². The summed E-state index contributed by atoms with van der Waals surface area (Å²) in [6.45, 7) is 6.22. The van der Waals surface area contributed by atoms with Crippen molar-refractivity contribution in [1.82, 2.24) is 0 Å². The van der Waals surface area contributed by atoms with Gasteiger partial charge in [-0.25, -0.2) is 4.39 Å². The van der Waals surface area contributed by atoms with Crippen LogP contribution in [0.1, 0.15) is 27.2 Å². The SMILES string of the molecule is CC(C)CC(C)Oc1cc(N)cc(F)c1. The number of rotatable bonds is 4. The topological polar surface area (TPSA) is 35.2 Å². The van der Waals surface area contributed by atoms with Gasteiger partial charge in [-0.2, -0.15) is 0 Å². The van der Waals surface area contributed by atoms with Crippen molar-refractivity contribution in [2.75, 3.05) is 5.73 Å². The Morgan fingerprint density at radius 1 is 1.27 bits per heavy atom. The molecule has 0 fully saturated rings. The number of nitrogens with two attached hydrogens (primary N) is 1. The highest BCUT2D eigenvalue weighted by atomic mass is 19.1. The van der Waals surface area contributed by atoms with Crippen molar-refractivity contribution in [2.24, 2.45) is 5.92 Å². The number of benzene rings is 1. The van der Waals surface area contributed by atoms with E-state index in [1.54, 1.807) is 6.07 Å². The molecule has 84 valence electrons. The second-order valence-electron chi connectivity index (χ2n) is 4.28. The van der Waals surface area contributed by atoms with E-state index in [1.165, 1.54) is 12.1 Å². The predicted molar refractivity (Wildman–Crippen MR) is 60.4 cm³/mol. The Morgan fingerprint density at radius 2 is 1.93 bits per heavy atom. The zero-order chi connectivity index (χ0) is 11.4. The number of halogens is 1. The van der Waals surface area contributed by atoms with E-state index in [9.17, 15) is 4.39 Å². The van der Waals surface area contributed by atoms with Crippen molar-refractivity contribution >= 4 is 5.69 Å². The zero-order valence-electron chi connectivity index (χ0n) is 9.46. The van der Waals surface area contributed by atoms with E-state index >= 15 is 0 Å². The average Bonchev–Trinajstić information content (AvgIpc) is 1.98. The molecule has 3 heteroatoms. The first-order valence-corrected chi connectivity index (χ1v) is 5.20. The zero-order valence-corrected chi connectivity index (χ0v) is 9.46. The van der Waals surface area contributed by atoms with Gasteiger partial charge in [0.25, 0.3) is 0 Å². The van der Waals surface area contributed by atoms with Crippen LogP contribution in [0.2, 0.25) is 0 Å². The van der Waals surface area contributed by atoms with E-state index in [4.69, 9.17) is 10.5 Å². The van der Waals surface area contributed by atoms with Crippen molar-refractivity contribution in [2.45, 2.75) is 33.3 Å². The normalized spacial score (nSPS) is 12.9. The molecule has 0 aliphatic rings. The summed E-state index contributed by atoms with van der Waals surface area (Å²) in [6, 6.07) is 4.27. The molecule has 0 radical (unpaired) electrons. The van der Waals surface area contributed by atoms with Crippen LogP contribution in [0.3, 0.4) is 0 Å². The predicted octanol–water partition coefficient (Wildman–Crippen LogP) is 3.22. The van der Waals surface area contributed by atoms with E-state index in [-0.39, 0.29) is 11.9 Å². The third kappa shape index (κ3) is 4.19. The highest BCUT2D eigenvalue weighted by Gasteiger charge is 2.07. The van der Waals surface area contributed by atoms with Gasteiger partial charge in [-0.3, -0.25) is 0 Å². The maximum atomic E-state index is 13.0. The molecular weight excluding hydrogens is 193 g/mol. The summed E-state index contributed by atoms with van der Waals surface area (Å²) >= 11 is 0. The molecule has 15 heavy (non-hydrogen) atoms. The van der Waals surface area contributed by atoms with Crippen LogP contribution in [0.25, 0.3) is 0 Å². The maximum absolute atomic E-state index is 13.0. The molecular formula is C12H18FNO. The van der Waals surface area contributed by atoms with Crippen molar-refractivity contribution in [1.29, 1.82) is 0 Å². The summed E-state index contributed by atoms with van der Waals surface area (Å²) in [5.41, 5.74) is 5.91. The van der Waals surface area contributed by atoms with Crippen LogP contribution in [0.15, 0.2) is 18.2 Å². The minimum Gasteiger partial charge on any atom is -0.491 e. The first-order chi connectivity index (χ1) is 6.97. The third-order valence-corrected chi connectivity index (χ3v) is 2.03. The van der Waals surface area contributed by atoms with Gasteiger partial charge in [0.05, 0.1) is 6.10 Å². The van der Waals surface area contributed by atoms with E-state index in [0.717, 1.165) is 6.42 Å². The van der Waals surface area contributed by atoms with Crippen LogP contribution < -0.4 is 10.5 Å². The maximum Gasteiger partial charge on any atom is 0.128 e. The molecule has 0 aromatic heterocycles. The fourth-order valence-electron chi connectivity index (χ4n) is 1.60. The molecule has 0 aliphatic carbocycles. The molecule has 1 atom stereocenters. The fraction of sp³-hybridized carbons (Fsp3) is 0.500. The largest absolute Gasteiger partial charge is 0.491 e. The molecule has 0 saturated carbocycles. The molecule has 0 saturated heterocycles. The fourth-order valence-corrected chi connectivity index (χ4v) is 1.60. The van der Waals surface area contributed by atoms with Crippen molar-refractivity contribution < 1.29 is 9.13 Å². The van der Waals surface area contributed by atoms with E-state index in [2.05, 4.69) is 13.8 Å². The van der Waals surface area contributed by atoms with Crippen LogP contribution in [0.4, 0.5) is 10.1 Å². The summed E-state index contributed by atoms with van der Waals surface area (Å²) in [5.74, 6) is 0.702. The van der Waals surface area contributed by atoms with Gasteiger partial charge in [0.1, 0.15) is 11.6 Å². The number of anilines is 1. The van der Waals surface area contributed by atoms with Gasteiger partial charge in [0, 0.05) is 17.8 Å². The van der Waals surface area contributed by atoms with Crippen molar-refractivity contribution in [3.05, 3.63) is 24.0 Å². The van der Waals surface area contributed by atoms with Crippen LogP contribution in [0, 0.1) is 11.7 Å².